The van der Waals surface area contributed by atoms with Gasteiger partial charge in [0.1, 0.15) is 5.82 Å². The van der Waals surface area contributed by atoms with Gasteiger partial charge >= 0.3 is 0 Å². The molecule has 0 aliphatic carbocycles. The predicted octanol–water partition coefficient (Wildman–Crippen LogP) is 2.57. The molecule has 2 saturated heterocycles. The highest BCUT2D eigenvalue weighted by Crippen LogP contribution is 2.25. The molecule has 0 unspecified atom stereocenters. The Balaban J connectivity index is 1.46. The van der Waals surface area contributed by atoms with Crippen LogP contribution in [0.25, 0.3) is 0 Å². The van der Waals surface area contributed by atoms with Gasteiger partial charge in [-0.05, 0) is 58.3 Å². The molecule has 6 heteroatoms. The number of aryl methyl sites for hydroxylation is 1. The third-order valence-corrected chi connectivity index (χ3v) is 6.10. The summed E-state index contributed by atoms with van der Waals surface area (Å²) in [5, 5.41) is 2.99. The maximum absolute atomic E-state index is 14.0. The van der Waals surface area contributed by atoms with Gasteiger partial charge in [-0.3, -0.25) is 14.6 Å². The van der Waals surface area contributed by atoms with Crippen LogP contribution in [-0.2, 0) is 16.1 Å². The van der Waals surface area contributed by atoms with Crippen molar-refractivity contribution in [3.05, 3.63) is 35.1 Å². The molecule has 0 aromatic heterocycles. The van der Waals surface area contributed by atoms with E-state index in [-0.39, 0.29) is 17.6 Å². The Hall–Kier alpha value is -1.50. The van der Waals surface area contributed by atoms with E-state index >= 15 is 0 Å². The zero-order chi connectivity index (χ0) is 19.9. The van der Waals surface area contributed by atoms with Crippen LogP contribution >= 0.6 is 0 Å². The number of rotatable bonds is 7. The molecule has 2 heterocycles. The average Bonchev–Trinajstić information content (AvgIpc) is 2.71. The van der Waals surface area contributed by atoms with Crippen molar-refractivity contribution in [3.8, 4) is 0 Å². The number of benzene rings is 1. The smallest absolute Gasteiger partial charge is 0.224 e. The number of hydrogen-bond acceptors (Lipinski definition) is 4. The summed E-state index contributed by atoms with van der Waals surface area (Å²) < 4.78 is 19.1. The van der Waals surface area contributed by atoms with Gasteiger partial charge in [-0.1, -0.05) is 17.7 Å². The summed E-state index contributed by atoms with van der Waals surface area (Å²) in [6, 6.07) is 5.89. The molecule has 28 heavy (non-hydrogen) atoms. The van der Waals surface area contributed by atoms with Crippen molar-refractivity contribution in [2.24, 2.45) is 5.92 Å². The Morgan fingerprint density at radius 2 is 2.04 bits per heavy atom. The summed E-state index contributed by atoms with van der Waals surface area (Å²) in [5.41, 5.74) is 1.90. The molecule has 3 rings (SSSR count). The van der Waals surface area contributed by atoms with Crippen molar-refractivity contribution in [3.63, 3.8) is 0 Å². The minimum atomic E-state index is -0.105. The molecule has 1 atom stereocenters. The first-order valence-corrected chi connectivity index (χ1v) is 10.5. The van der Waals surface area contributed by atoms with E-state index in [1.165, 1.54) is 0 Å². The van der Waals surface area contributed by atoms with Crippen LogP contribution in [0.2, 0.25) is 0 Å². The largest absolute Gasteiger partial charge is 0.383 e. The van der Waals surface area contributed by atoms with Gasteiger partial charge in [0.15, 0.2) is 0 Å². The number of carbonyl (C=O) groups is 1. The first-order chi connectivity index (χ1) is 13.6. The maximum Gasteiger partial charge on any atom is 0.224 e. The van der Waals surface area contributed by atoms with Crippen LogP contribution in [0.4, 0.5) is 4.39 Å². The summed E-state index contributed by atoms with van der Waals surface area (Å²) in [5.74, 6) is 0.144. The molecule has 0 saturated carbocycles. The number of piperidine rings is 2. The van der Waals surface area contributed by atoms with Crippen LogP contribution in [0.5, 0.6) is 0 Å². The van der Waals surface area contributed by atoms with Gasteiger partial charge in [-0.25, -0.2) is 4.39 Å². The van der Waals surface area contributed by atoms with Crippen LogP contribution in [0, 0.1) is 18.7 Å². The molecule has 2 aliphatic rings. The fourth-order valence-corrected chi connectivity index (χ4v) is 4.48. The van der Waals surface area contributed by atoms with Gasteiger partial charge in [0.05, 0.1) is 12.5 Å². The van der Waals surface area contributed by atoms with Crippen molar-refractivity contribution >= 4 is 5.91 Å². The maximum atomic E-state index is 14.0. The SMILES string of the molecule is COCCNC(=O)[C@H]1CCCN(C2CCN(Cc3cc(C)ccc3F)CC2)C1. The van der Waals surface area contributed by atoms with Crippen molar-refractivity contribution in [1.82, 2.24) is 15.1 Å². The Kier molecular flexibility index (Phi) is 7.82. The van der Waals surface area contributed by atoms with E-state index in [0.717, 1.165) is 63.0 Å². The van der Waals surface area contributed by atoms with Gasteiger partial charge in [0, 0.05) is 38.3 Å². The van der Waals surface area contributed by atoms with Crippen LogP contribution in [-0.4, -0.2) is 68.2 Å². The standard InChI is InChI=1S/C22H34FN3O2/c1-17-5-6-21(23)19(14-17)15-25-11-7-20(8-12-25)26-10-3-4-18(16-26)22(27)24-9-13-28-2/h5-6,14,18,20H,3-4,7-13,15-16H2,1-2H3,(H,24,27)/t18-/m0/s1. The summed E-state index contributed by atoms with van der Waals surface area (Å²) >= 11 is 0. The summed E-state index contributed by atoms with van der Waals surface area (Å²) in [7, 11) is 1.65. The van der Waals surface area contributed by atoms with Crippen LogP contribution in [0.15, 0.2) is 18.2 Å². The van der Waals surface area contributed by atoms with Crippen molar-refractivity contribution in [2.45, 2.75) is 45.2 Å². The van der Waals surface area contributed by atoms with Crippen molar-refractivity contribution in [2.75, 3.05) is 46.4 Å². The fourth-order valence-electron chi connectivity index (χ4n) is 4.48. The number of methoxy groups -OCH3 is 1. The van der Waals surface area contributed by atoms with E-state index < -0.39 is 0 Å². The van der Waals surface area contributed by atoms with Gasteiger partial charge in [-0.15, -0.1) is 0 Å². The average molecular weight is 392 g/mol. The van der Waals surface area contributed by atoms with Crippen molar-refractivity contribution in [1.29, 1.82) is 0 Å². The number of nitrogens with one attached hydrogen (secondary N) is 1. The number of amides is 1. The van der Waals surface area contributed by atoms with Gasteiger partial charge < -0.3 is 10.1 Å². The normalized spacial score (nSPS) is 22.3. The van der Waals surface area contributed by atoms with Gasteiger partial charge in [0.2, 0.25) is 5.91 Å². The number of likely N-dealkylation sites (tertiary alicyclic amines) is 2. The molecule has 1 amide bonds. The fraction of sp³-hybridized carbons (Fsp3) is 0.682. The second kappa shape index (κ2) is 10.3. The molecule has 5 nitrogen and oxygen atoms in total. The van der Waals surface area contributed by atoms with Gasteiger partial charge in [0.25, 0.3) is 0 Å². The second-order valence-electron chi connectivity index (χ2n) is 8.22. The Morgan fingerprint density at radius 3 is 2.79 bits per heavy atom. The number of carbonyl (C=O) groups excluding carboxylic acids is 1. The third kappa shape index (κ3) is 5.75. The van der Waals surface area contributed by atoms with Crippen LogP contribution in [0.3, 0.4) is 0 Å². The topological polar surface area (TPSA) is 44.8 Å². The lowest BCUT2D eigenvalue weighted by atomic mass is 9.93. The third-order valence-electron chi connectivity index (χ3n) is 6.10. The molecular formula is C22H34FN3O2. The second-order valence-corrected chi connectivity index (χ2v) is 8.22. The Morgan fingerprint density at radius 1 is 1.25 bits per heavy atom. The highest BCUT2D eigenvalue weighted by molar-refractivity contribution is 5.78. The van der Waals surface area contributed by atoms with E-state index in [2.05, 4.69) is 15.1 Å². The monoisotopic (exact) mass is 391 g/mol. The number of ether oxygens (including phenoxy) is 1. The van der Waals surface area contributed by atoms with Crippen molar-refractivity contribution < 1.29 is 13.9 Å². The summed E-state index contributed by atoms with van der Waals surface area (Å²) in [6.45, 7) is 7.74. The Labute approximate surface area is 168 Å². The van der Waals surface area contributed by atoms with E-state index in [0.29, 0.717) is 25.7 Å². The molecular weight excluding hydrogens is 357 g/mol. The molecule has 1 aromatic rings. The lowest BCUT2D eigenvalue weighted by Gasteiger charge is -2.42. The minimum absolute atomic E-state index is 0.0880. The summed E-state index contributed by atoms with van der Waals surface area (Å²) in [4.78, 5) is 17.2. The zero-order valence-electron chi connectivity index (χ0n) is 17.3. The number of hydrogen-bond donors (Lipinski definition) is 1. The van der Waals surface area contributed by atoms with E-state index in [9.17, 15) is 9.18 Å². The highest BCUT2D eigenvalue weighted by atomic mass is 19.1. The van der Waals surface area contributed by atoms with Crippen LogP contribution < -0.4 is 5.32 Å². The molecule has 1 N–H and O–H groups in total. The quantitative estimate of drug-likeness (QED) is 0.726. The van der Waals surface area contributed by atoms with E-state index in [1.807, 2.05) is 19.1 Å². The first kappa shape index (κ1) is 21.2. The molecule has 156 valence electrons. The molecule has 0 spiro atoms. The molecule has 0 radical (unpaired) electrons. The molecule has 0 bridgehead atoms. The predicted molar refractivity (Wildman–Crippen MR) is 109 cm³/mol. The number of halogens is 1. The zero-order valence-corrected chi connectivity index (χ0v) is 17.3. The number of nitrogens with zero attached hydrogens (tertiary/aromatic N) is 2. The van der Waals surface area contributed by atoms with Crippen LogP contribution in [0.1, 0.15) is 36.8 Å². The van der Waals surface area contributed by atoms with E-state index in [1.54, 1.807) is 13.2 Å². The summed E-state index contributed by atoms with van der Waals surface area (Å²) in [6.07, 6.45) is 4.23. The highest BCUT2D eigenvalue weighted by Gasteiger charge is 2.31. The molecule has 2 fully saturated rings. The lowest BCUT2D eigenvalue weighted by molar-refractivity contribution is -0.127. The molecule has 1 aromatic carbocycles. The van der Waals surface area contributed by atoms with Gasteiger partial charge in [-0.2, -0.15) is 0 Å². The lowest BCUT2D eigenvalue weighted by Crippen LogP contribution is -2.50. The first-order valence-electron chi connectivity index (χ1n) is 10.5. The molecule has 2 aliphatic heterocycles. The Bertz CT molecular complexity index is 647. The minimum Gasteiger partial charge on any atom is -0.383 e. The van der Waals surface area contributed by atoms with E-state index in [4.69, 9.17) is 4.74 Å².